The van der Waals surface area contributed by atoms with Crippen molar-refractivity contribution >= 4 is 11.4 Å². The van der Waals surface area contributed by atoms with Crippen molar-refractivity contribution < 1.29 is 19.1 Å². The van der Waals surface area contributed by atoms with Crippen LogP contribution in [0.25, 0.3) is 0 Å². The molecule has 104 valence electrons. The molecule has 0 unspecified atom stereocenters. The van der Waals surface area contributed by atoms with Crippen molar-refractivity contribution in [2.24, 2.45) is 15.7 Å². The zero-order chi connectivity index (χ0) is 13.8. The lowest BCUT2D eigenvalue weighted by molar-refractivity contribution is -0.249. The van der Waals surface area contributed by atoms with Gasteiger partial charge in [-0.3, -0.25) is 0 Å². The van der Waals surface area contributed by atoms with Crippen molar-refractivity contribution in [1.29, 1.82) is 0 Å². The predicted molar refractivity (Wildman–Crippen MR) is 68.7 cm³/mol. The van der Waals surface area contributed by atoms with E-state index in [9.17, 15) is 0 Å². The topological polar surface area (TPSA) is 61.6 Å². The van der Waals surface area contributed by atoms with E-state index in [0.29, 0.717) is 24.6 Å². The van der Waals surface area contributed by atoms with Gasteiger partial charge < -0.3 is 19.1 Å². The average molecular weight is 258 g/mol. The highest BCUT2D eigenvalue weighted by Crippen LogP contribution is 2.30. The van der Waals surface area contributed by atoms with Gasteiger partial charge in [-0.15, -0.1) is 0 Å². The zero-order valence-electron chi connectivity index (χ0n) is 11.9. The maximum Gasteiger partial charge on any atom is 0.214 e. The normalized spacial score (nSPS) is 23.7. The van der Waals surface area contributed by atoms with E-state index in [1.54, 1.807) is 13.8 Å². The summed E-state index contributed by atoms with van der Waals surface area (Å²) in [4.78, 5) is 9.58. The Hall–Kier alpha value is -1.14. The average Bonchev–Trinajstić information content (AvgIpc) is 2.31. The number of rotatable bonds is 4. The van der Waals surface area contributed by atoms with Gasteiger partial charge in [-0.2, -0.15) is 0 Å². The summed E-state index contributed by atoms with van der Waals surface area (Å²) in [7, 11) is 2.94. The first-order valence-corrected chi connectivity index (χ1v) is 5.82. The van der Waals surface area contributed by atoms with Gasteiger partial charge in [0.15, 0.2) is 5.71 Å². The van der Waals surface area contributed by atoms with Crippen LogP contribution in [0.5, 0.6) is 0 Å². The first-order chi connectivity index (χ1) is 8.34. The number of hydrogen-bond acceptors (Lipinski definition) is 6. The number of oxime groups is 2. The molecule has 0 aromatic heterocycles. The minimum Gasteiger partial charge on any atom is -0.399 e. The molecule has 0 bridgehead atoms. The molecule has 0 amide bonds. The second-order valence-corrected chi connectivity index (χ2v) is 5.17. The number of ether oxygens (including phenoxy) is 2. The van der Waals surface area contributed by atoms with Crippen LogP contribution >= 0.6 is 0 Å². The number of hydrogen-bond donors (Lipinski definition) is 0. The van der Waals surface area contributed by atoms with E-state index in [-0.39, 0.29) is 5.41 Å². The molecule has 0 N–H and O–H groups in total. The van der Waals surface area contributed by atoms with Crippen LogP contribution < -0.4 is 0 Å². The van der Waals surface area contributed by atoms with Crippen LogP contribution in [0.1, 0.15) is 27.7 Å². The van der Waals surface area contributed by atoms with Gasteiger partial charge in [-0.1, -0.05) is 24.2 Å². The fourth-order valence-corrected chi connectivity index (χ4v) is 1.64. The third-order valence-corrected chi connectivity index (χ3v) is 2.66. The second-order valence-electron chi connectivity index (χ2n) is 5.17. The highest BCUT2D eigenvalue weighted by Gasteiger charge is 2.42. The van der Waals surface area contributed by atoms with E-state index >= 15 is 0 Å². The highest BCUT2D eigenvalue weighted by molar-refractivity contribution is 6.43. The molecule has 0 aromatic carbocycles. The molecular weight excluding hydrogens is 236 g/mol. The van der Waals surface area contributed by atoms with Crippen molar-refractivity contribution in [2.75, 3.05) is 27.4 Å². The van der Waals surface area contributed by atoms with E-state index in [2.05, 4.69) is 24.2 Å². The predicted octanol–water partition coefficient (Wildman–Crippen LogP) is 1.80. The Morgan fingerprint density at radius 3 is 1.94 bits per heavy atom. The fraction of sp³-hybridized carbons (Fsp3) is 0.833. The lowest BCUT2D eigenvalue weighted by Crippen LogP contribution is -2.52. The largest absolute Gasteiger partial charge is 0.399 e. The molecule has 0 atom stereocenters. The molecule has 0 saturated carbocycles. The molecule has 6 heteroatoms. The Labute approximate surface area is 108 Å². The second kappa shape index (κ2) is 5.67. The summed E-state index contributed by atoms with van der Waals surface area (Å²) in [5.41, 5.74) is 1.02. The monoisotopic (exact) mass is 258 g/mol. The molecular formula is C12H22N2O4. The van der Waals surface area contributed by atoms with Crippen molar-refractivity contribution in [3.63, 3.8) is 0 Å². The molecule has 1 heterocycles. The molecule has 6 nitrogen and oxygen atoms in total. The number of nitrogens with zero attached hydrogens (tertiary/aromatic N) is 2. The Bertz CT molecular complexity index is 340. The van der Waals surface area contributed by atoms with Crippen molar-refractivity contribution in [3.05, 3.63) is 0 Å². The summed E-state index contributed by atoms with van der Waals surface area (Å²) in [6, 6.07) is 0. The maximum atomic E-state index is 5.79. The molecule has 1 saturated heterocycles. The van der Waals surface area contributed by atoms with Gasteiger partial charge in [0.05, 0.1) is 13.2 Å². The van der Waals surface area contributed by atoms with Gasteiger partial charge in [-0.05, 0) is 13.8 Å². The highest BCUT2D eigenvalue weighted by atomic mass is 16.7. The van der Waals surface area contributed by atoms with Gasteiger partial charge in [0.2, 0.25) is 5.79 Å². The minimum atomic E-state index is -0.961. The Morgan fingerprint density at radius 1 is 1.00 bits per heavy atom. The smallest absolute Gasteiger partial charge is 0.214 e. The van der Waals surface area contributed by atoms with E-state index in [0.717, 1.165) is 0 Å². The van der Waals surface area contributed by atoms with E-state index in [1.807, 2.05) is 0 Å². The Balaban J connectivity index is 2.94. The van der Waals surface area contributed by atoms with Crippen LogP contribution in [0.3, 0.4) is 0 Å². The summed E-state index contributed by atoms with van der Waals surface area (Å²) in [6.45, 7) is 8.87. The van der Waals surface area contributed by atoms with Crippen LogP contribution in [0.4, 0.5) is 0 Å². The standard InChI is InChI=1S/C12H22N2O4/c1-9(13-15-5)10(14-16-6)12(4)17-7-11(2,3)8-18-12/h7-8H2,1-6H3/b13-9-,14-10-. The van der Waals surface area contributed by atoms with Crippen molar-refractivity contribution in [1.82, 2.24) is 0 Å². The summed E-state index contributed by atoms with van der Waals surface area (Å²) in [5, 5.41) is 7.79. The minimum absolute atomic E-state index is 0.00992. The molecule has 1 aliphatic rings. The first-order valence-electron chi connectivity index (χ1n) is 5.82. The molecule has 0 radical (unpaired) electrons. The van der Waals surface area contributed by atoms with E-state index < -0.39 is 5.79 Å². The van der Waals surface area contributed by atoms with Gasteiger partial charge in [0.25, 0.3) is 0 Å². The third-order valence-electron chi connectivity index (χ3n) is 2.66. The Morgan fingerprint density at radius 2 is 1.50 bits per heavy atom. The van der Waals surface area contributed by atoms with Gasteiger partial charge in [-0.25, -0.2) is 0 Å². The van der Waals surface area contributed by atoms with E-state index in [1.165, 1.54) is 14.2 Å². The summed E-state index contributed by atoms with van der Waals surface area (Å²) >= 11 is 0. The quantitative estimate of drug-likeness (QED) is 0.570. The lowest BCUT2D eigenvalue weighted by Gasteiger charge is -2.41. The summed E-state index contributed by atoms with van der Waals surface area (Å²) < 4.78 is 11.6. The molecule has 0 spiro atoms. The van der Waals surface area contributed by atoms with Crippen LogP contribution in [0.15, 0.2) is 10.3 Å². The van der Waals surface area contributed by atoms with Gasteiger partial charge >= 0.3 is 0 Å². The van der Waals surface area contributed by atoms with Gasteiger partial charge in [0.1, 0.15) is 19.9 Å². The van der Waals surface area contributed by atoms with Crippen LogP contribution in [-0.2, 0) is 19.1 Å². The Kier molecular flexibility index (Phi) is 4.70. The zero-order valence-corrected chi connectivity index (χ0v) is 11.9. The van der Waals surface area contributed by atoms with Gasteiger partial charge in [0, 0.05) is 5.41 Å². The molecule has 1 fully saturated rings. The van der Waals surface area contributed by atoms with Crippen molar-refractivity contribution in [2.45, 2.75) is 33.5 Å². The maximum absolute atomic E-state index is 5.79. The summed E-state index contributed by atoms with van der Waals surface area (Å²) in [5.74, 6) is -0.961. The third kappa shape index (κ3) is 3.43. The van der Waals surface area contributed by atoms with Crippen LogP contribution in [0.2, 0.25) is 0 Å². The first kappa shape index (κ1) is 14.9. The SMILES string of the molecule is CO/N=C(C)\C(=N\OC)C1(C)OCC(C)(C)CO1. The molecule has 0 aliphatic carbocycles. The molecule has 1 rings (SSSR count). The molecule has 0 aromatic rings. The fourth-order valence-electron chi connectivity index (χ4n) is 1.64. The van der Waals surface area contributed by atoms with Crippen LogP contribution in [0, 0.1) is 5.41 Å². The van der Waals surface area contributed by atoms with Crippen LogP contribution in [-0.4, -0.2) is 44.6 Å². The lowest BCUT2D eigenvalue weighted by atomic mass is 9.94. The van der Waals surface area contributed by atoms with Crippen molar-refractivity contribution in [3.8, 4) is 0 Å². The molecule has 18 heavy (non-hydrogen) atoms. The summed E-state index contributed by atoms with van der Waals surface area (Å²) in [6.07, 6.45) is 0. The molecule has 1 aliphatic heterocycles. The van der Waals surface area contributed by atoms with E-state index in [4.69, 9.17) is 19.1 Å².